The number of halogens is 1. The highest BCUT2D eigenvalue weighted by Gasteiger charge is 2.52. The molecule has 2 rings (SSSR count). The minimum absolute atomic E-state index is 0.355. The average molecular weight is 351 g/mol. The van der Waals surface area contributed by atoms with E-state index in [1.807, 2.05) is 27.7 Å². The van der Waals surface area contributed by atoms with Gasteiger partial charge >= 0.3 is 13.2 Å². The van der Waals surface area contributed by atoms with Crippen molar-refractivity contribution in [3.63, 3.8) is 0 Å². The molecule has 1 saturated heterocycles. The van der Waals surface area contributed by atoms with Gasteiger partial charge in [0.1, 0.15) is 5.82 Å². The third kappa shape index (κ3) is 4.33. The maximum Gasteiger partial charge on any atom is 0.497 e. The summed E-state index contributed by atoms with van der Waals surface area (Å²) in [4.78, 5) is 10.8. The number of amides is 1. The largest absolute Gasteiger partial charge is 0.497 e. The van der Waals surface area contributed by atoms with E-state index in [0.29, 0.717) is 23.9 Å². The molecule has 1 heterocycles. The topological polar surface area (TPSA) is 67.8 Å². The number of nitrogens with one attached hydrogen (secondary N) is 1. The summed E-state index contributed by atoms with van der Waals surface area (Å²) in [6.45, 7) is 11.3. The fraction of sp³-hybridized carbons (Fsp3) is 0.611. The van der Waals surface area contributed by atoms with Gasteiger partial charge in [-0.3, -0.25) is 0 Å². The average Bonchev–Trinajstić information content (AvgIpc) is 2.64. The van der Waals surface area contributed by atoms with Gasteiger partial charge in [0.2, 0.25) is 0 Å². The summed E-state index contributed by atoms with van der Waals surface area (Å²) in [5.41, 5.74) is -0.813. The van der Waals surface area contributed by atoms with Crippen LogP contribution in [0.5, 0.6) is 0 Å². The van der Waals surface area contributed by atoms with Crippen LogP contribution < -0.4 is 10.8 Å². The molecule has 0 spiro atoms. The Bertz CT molecular complexity index is 644. The zero-order valence-corrected chi connectivity index (χ0v) is 15.8. The van der Waals surface area contributed by atoms with Gasteiger partial charge in [-0.1, -0.05) is 18.2 Å². The molecule has 1 aromatic carbocycles. The van der Waals surface area contributed by atoms with Gasteiger partial charge in [0.25, 0.3) is 0 Å². The third-order valence-corrected chi connectivity index (χ3v) is 5.08. The zero-order chi connectivity index (χ0) is 19.0. The second-order valence-corrected chi connectivity index (χ2v) is 8.22. The van der Waals surface area contributed by atoms with Crippen molar-refractivity contribution < 1.29 is 23.6 Å². The molecule has 0 aliphatic carbocycles. The van der Waals surface area contributed by atoms with E-state index in [1.165, 1.54) is 0 Å². The SMILES string of the molecule is CC(C)(CCc1cccc(B2OC(C)(C)C(C)(C)O2)c1F)NC(=O)O. The summed E-state index contributed by atoms with van der Waals surface area (Å²) in [5.74, 6) is -0.355. The quantitative estimate of drug-likeness (QED) is 0.800. The lowest BCUT2D eigenvalue weighted by molar-refractivity contribution is 0.00578. The summed E-state index contributed by atoms with van der Waals surface area (Å²) < 4.78 is 26.8. The minimum atomic E-state index is -1.09. The van der Waals surface area contributed by atoms with E-state index < -0.39 is 30.0 Å². The molecule has 5 nitrogen and oxygen atoms in total. The molecule has 1 fully saturated rings. The monoisotopic (exact) mass is 351 g/mol. The van der Waals surface area contributed by atoms with Crippen LogP contribution in [0, 0.1) is 5.82 Å². The molecule has 0 aromatic heterocycles. The van der Waals surface area contributed by atoms with Crippen molar-refractivity contribution >= 4 is 18.7 Å². The van der Waals surface area contributed by atoms with Crippen LogP contribution in [0.2, 0.25) is 0 Å². The van der Waals surface area contributed by atoms with Crippen LogP contribution in [0.4, 0.5) is 9.18 Å². The summed E-state index contributed by atoms with van der Waals surface area (Å²) in [7, 11) is -0.755. The molecule has 1 aliphatic rings. The Balaban J connectivity index is 2.17. The molecule has 0 unspecified atom stereocenters. The highest BCUT2D eigenvalue weighted by Crippen LogP contribution is 2.36. The van der Waals surface area contributed by atoms with Crippen LogP contribution in [0.15, 0.2) is 18.2 Å². The Labute approximate surface area is 149 Å². The van der Waals surface area contributed by atoms with E-state index in [4.69, 9.17) is 14.4 Å². The van der Waals surface area contributed by atoms with E-state index in [2.05, 4.69) is 5.32 Å². The first-order valence-electron chi connectivity index (χ1n) is 8.49. The number of aryl methyl sites for hydroxylation is 1. The lowest BCUT2D eigenvalue weighted by Crippen LogP contribution is -2.43. The molecule has 25 heavy (non-hydrogen) atoms. The molecule has 1 amide bonds. The first kappa shape index (κ1) is 19.7. The smallest absolute Gasteiger partial charge is 0.465 e. The zero-order valence-electron chi connectivity index (χ0n) is 15.8. The van der Waals surface area contributed by atoms with Gasteiger partial charge in [0, 0.05) is 11.0 Å². The third-order valence-electron chi connectivity index (χ3n) is 5.08. The molecule has 0 atom stereocenters. The lowest BCUT2D eigenvalue weighted by atomic mass is 9.77. The van der Waals surface area contributed by atoms with Crippen LogP contribution in [-0.4, -0.2) is 35.1 Å². The van der Waals surface area contributed by atoms with Gasteiger partial charge in [0.15, 0.2) is 0 Å². The van der Waals surface area contributed by atoms with Gasteiger partial charge in [-0.05, 0) is 59.9 Å². The van der Waals surface area contributed by atoms with Gasteiger partial charge < -0.3 is 19.7 Å². The molecule has 1 aliphatic heterocycles. The van der Waals surface area contributed by atoms with Crippen molar-refractivity contribution in [1.82, 2.24) is 5.32 Å². The molecule has 0 radical (unpaired) electrons. The van der Waals surface area contributed by atoms with E-state index >= 15 is 0 Å². The standard InChI is InChI=1S/C18H27BFNO4/c1-16(2,21-15(22)23)11-10-12-8-7-9-13(14(12)20)19-24-17(3,4)18(5,6)25-19/h7-9,21H,10-11H2,1-6H3,(H,22,23). The van der Waals surface area contributed by atoms with Crippen molar-refractivity contribution in [3.8, 4) is 0 Å². The number of hydrogen-bond donors (Lipinski definition) is 2. The molecule has 7 heteroatoms. The summed E-state index contributed by atoms with van der Waals surface area (Å²) in [6.07, 6.45) is -0.202. The van der Waals surface area contributed by atoms with Crippen LogP contribution in [0.25, 0.3) is 0 Å². The highest BCUT2D eigenvalue weighted by atomic mass is 19.1. The fourth-order valence-electron chi connectivity index (χ4n) is 2.74. The summed E-state index contributed by atoms with van der Waals surface area (Å²) >= 11 is 0. The molecule has 2 N–H and O–H groups in total. The number of rotatable bonds is 5. The van der Waals surface area contributed by atoms with Crippen molar-refractivity contribution in [1.29, 1.82) is 0 Å². The number of carboxylic acid groups (broad SMARTS) is 1. The maximum absolute atomic E-state index is 15.0. The highest BCUT2D eigenvalue weighted by molar-refractivity contribution is 6.62. The Morgan fingerprint density at radius 3 is 2.32 bits per heavy atom. The molecular weight excluding hydrogens is 324 g/mol. The van der Waals surface area contributed by atoms with E-state index in [-0.39, 0.29) is 5.82 Å². The maximum atomic E-state index is 15.0. The van der Waals surface area contributed by atoms with Crippen molar-refractivity contribution in [2.45, 2.75) is 71.1 Å². The van der Waals surface area contributed by atoms with Gasteiger partial charge in [-0.2, -0.15) is 0 Å². The van der Waals surface area contributed by atoms with E-state index in [0.717, 1.165) is 0 Å². The van der Waals surface area contributed by atoms with Crippen LogP contribution in [0.1, 0.15) is 53.5 Å². The van der Waals surface area contributed by atoms with Crippen LogP contribution in [0.3, 0.4) is 0 Å². The second kappa shape index (κ2) is 6.61. The van der Waals surface area contributed by atoms with Gasteiger partial charge in [-0.25, -0.2) is 9.18 Å². The summed E-state index contributed by atoms with van der Waals surface area (Å²) in [6, 6.07) is 5.15. The normalized spacial score (nSPS) is 19.1. The van der Waals surface area contributed by atoms with Gasteiger partial charge in [0.05, 0.1) is 11.2 Å². The van der Waals surface area contributed by atoms with Crippen molar-refractivity contribution in [2.75, 3.05) is 0 Å². The fourth-order valence-corrected chi connectivity index (χ4v) is 2.74. The predicted molar refractivity (Wildman–Crippen MR) is 95.7 cm³/mol. The van der Waals surface area contributed by atoms with Crippen LogP contribution in [-0.2, 0) is 15.7 Å². The second-order valence-electron chi connectivity index (χ2n) is 8.22. The number of benzene rings is 1. The first-order valence-corrected chi connectivity index (χ1v) is 8.49. The Morgan fingerprint density at radius 1 is 1.24 bits per heavy atom. The number of carbonyl (C=O) groups is 1. The molecule has 1 aromatic rings. The Morgan fingerprint density at radius 2 is 1.80 bits per heavy atom. The predicted octanol–water partition coefficient (Wildman–Crippen LogP) is 3.10. The van der Waals surface area contributed by atoms with Crippen molar-refractivity contribution in [2.24, 2.45) is 0 Å². The van der Waals surface area contributed by atoms with E-state index in [1.54, 1.807) is 32.0 Å². The van der Waals surface area contributed by atoms with Crippen molar-refractivity contribution in [3.05, 3.63) is 29.6 Å². The molecule has 0 saturated carbocycles. The minimum Gasteiger partial charge on any atom is -0.465 e. The van der Waals surface area contributed by atoms with E-state index in [9.17, 15) is 9.18 Å². The molecular formula is C18H27BFNO4. The molecule has 0 bridgehead atoms. The Hall–Kier alpha value is -1.60. The summed E-state index contributed by atoms with van der Waals surface area (Å²) in [5, 5.41) is 11.3. The lowest BCUT2D eigenvalue weighted by Gasteiger charge is -2.32. The van der Waals surface area contributed by atoms with Gasteiger partial charge in [-0.15, -0.1) is 0 Å². The first-order chi connectivity index (χ1) is 11.3. The van der Waals surface area contributed by atoms with Crippen LogP contribution >= 0.6 is 0 Å². The molecule has 138 valence electrons. The Kier molecular flexibility index (Phi) is 5.22. The number of hydrogen-bond acceptors (Lipinski definition) is 3.